The monoisotopic (exact) mass is 280 g/mol. The van der Waals surface area contributed by atoms with Crippen LogP contribution >= 0.6 is 15.9 Å². The lowest BCUT2D eigenvalue weighted by Crippen LogP contribution is -2.18. The van der Waals surface area contributed by atoms with Crippen molar-refractivity contribution in [2.24, 2.45) is 0 Å². The van der Waals surface area contributed by atoms with Gasteiger partial charge in [-0.3, -0.25) is 0 Å². The third-order valence-corrected chi connectivity index (χ3v) is 2.34. The van der Waals surface area contributed by atoms with Crippen LogP contribution in [-0.2, 0) is 0 Å². The summed E-state index contributed by atoms with van der Waals surface area (Å²) < 4.78 is 39.5. The fraction of sp³-hybridized carbons (Fsp3) is 0.250. The number of nitriles is 1. The lowest BCUT2D eigenvalue weighted by Gasteiger charge is -2.09. The van der Waals surface area contributed by atoms with Crippen molar-refractivity contribution in [2.45, 2.75) is 13.3 Å². The molecule has 0 aliphatic heterocycles. The Bertz CT molecular complexity index is 425. The van der Waals surface area contributed by atoms with Crippen molar-refractivity contribution in [3.05, 3.63) is 21.8 Å². The minimum Gasteiger partial charge on any atom is -0.388 e. The second kappa shape index (κ2) is 4.06. The van der Waals surface area contributed by atoms with Crippen molar-refractivity contribution in [1.82, 2.24) is 4.98 Å². The summed E-state index contributed by atoms with van der Waals surface area (Å²) in [5, 5.41) is 8.60. The molecule has 3 nitrogen and oxygen atoms in total. The van der Waals surface area contributed by atoms with E-state index < -0.39 is 12.2 Å². The number of pyridine rings is 1. The van der Waals surface area contributed by atoms with Gasteiger partial charge in [0.1, 0.15) is 11.8 Å². The van der Waals surface area contributed by atoms with Crippen LogP contribution in [0.5, 0.6) is 5.88 Å². The van der Waals surface area contributed by atoms with E-state index >= 15 is 0 Å². The van der Waals surface area contributed by atoms with Gasteiger partial charge in [0.05, 0.1) is 0 Å². The molecule has 0 spiro atoms. The predicted octanol–water partition coefficient (Wildman–Crippen LogP) is 2.92. The third-order valence-electron chi connectivity index (χ3n) is 1.51. The van der Waals surface area contributed by atoms with Crippen molar-refractivity contribution in [2.75, 3.05) is 0 Å². The number of rotatable bonds is 1. The van der Waals surface area contributed by atoms with E-state index in [1.54, 1.807) is 13.0 Å². The molecule has 0 aromatic carbocycles. The maximum absolute atomic E-state index is 11.8. The molecule has 0 aliphatic rings. The van der Waals surface area contributed by atoms with Crippen LogP contribution < -0.4 is 4.74 Å². The average Bonchev–Trinajstić information content (AvgIpc) is 2.08. The molecule has 0 saturated carbocycles. The first-order valence-electron chi connectivity index (χ1n) is 3.66. The van der Waals surface area contributed by atoms with Crippen LogP contribution in [0.4, 0.5) is 13.2 Å². The number of nitrogens with zero attached hydrogens (tertiary/aromatic N) is 2. The number of ether oxygens (including phenoxy) is 1. The van der Waals surface area contributed by atoms with Gasteiger partial charge in [-0.1, -0.05) is 15.9 Å². The maximum atomic E-state index is 11.8. The van der Waals surface area contributed by atoms with Crippen LogP contribution in [0.25, 0.3) is 0 Å². The van der Waals surface area contributed by atoms with Crippen LogP contribution in [0.2, 0.25) is 0 Å². The van der Waals surface area contributed by atoms with Gasteiger partial charge in [-0.05, 0) is 12.5 Å². The van der Waals surface area contributed by atoms with Crippen LogP contribution in [0.1, 0.15) is 11.3 Å². The molecule has 0 atom stereocenters. The summed E-state index contributed by atoms with van der Waals surface area (Å²) >= 11 is 3.01. The van der Waals surface area contributed by atoms with Gasteiger partial charge in [-0.2, -0.15) is 5.26 Å². The summed E-state index contributed by atoms with van der Waals surface area (Å²) in [6.45, 7) is 1.56. The van der Waals surface area contributed by atoms with E-state index in [4.69, 9.17) is 5.26 Å². The summed E-state index contributed by atoms with van der Waals surface area (Å²) in [6, 6.07) is 2.73. The largest absolute Gasteiger partial charge is 0.574 e. The summed E-state index contributed by atoms with van der Waals surface area (Å²) in [4.78, 5) is 3.40. The van der Waals surface area contributed by atoms with E-state index in [2.05, 4.69) is 25.7 Å². The fourth-order valence-electron chi connectivity index (χ4n) is 0.836. The summed E-state index contributed by atoms with van der Waals surface area (Å²) in [5.74, 6) is -0.656. The fourth-order valence-corrected chi connectivity index (χ4v) is 1.22. The average molecular weight is 281 g/mol. The summed E-state index contributed by atoms with van der Waals surface area (Å²) in [6.07, 6.45) is -4.81. The summed E-state index contributed by atoms with van der Waals surface area (Å²) in [7, 11) is 0. The topological polar surface area (TPSA) is 45.9 Å². The zero-order valence-electron chi connectivity index (χ0n) is 7.39. The quantitative estimate of drug-likeness (QED) is 0.795. The van der Waals surface area contributed by atoms with Crippen LogP contribution in [0, 0.1) is 18.3 Å². The molecular weight excluding hydrogens is 277 g/mol. The van der Waals surface area contributed by atoms with Gasteiger partial charge in [-0.15, -0.1) is 13.2 Å². The minimum atomic E-state index is -4.81. The highest BCUT2D eigenvalue weighted by molar-refractivity contribution is 9.10. The number of halogens is 4. The molecule has 1 aromatic heterocycles. The predicted molar refractivity (Wildman–Crippen MR) is 48.1 cm³/mol. The summed E-state index contributed by atoms with van der Waals surface area (Å²) in [5.41, 5.74) is 0.357. The van der Waals surface area contributed by atoms with E-state index in [1.165, 1.54) is 0 Å². The van der Waals surface area contributed by atoms with Crippen molar-refractivity contribution < 1.29 is 17.9 Å². The van der Waals surface area contributed by atoms with Gasteiger partial charge in [0.2, 0.25) is 5.88 Å². The number of hydrogen-bond acceptors (Lipinski definition) is 3. The molecule has 80 valence electrons. The molecule has 0 unspecified atom stereocenters. The van der Waals surface area contributed by atoms with E-state index in [-0.39, 0.29) is 5.69 Å². The number of alkyl halides is 3. The molecule has 0 fully saturated rings. The first kappa shape index (κ1) is 11.8. The molecule has 0 amide bonds. The molecule has 15 heavy (non-hydrogen) atoms. The first-order chi connectivity index (χ1) is 6.83. The Morgan fingerprint density at radius 1 is 1.53 bits per heavy atom. The lowest BCUT2D eigenvalue weighted by atomic mass is 10.2. The Morgan fingerprint density at radius 2 is 2.13 bits per heavy atom. The van der Waals surface area contributed by atoms with Crippen molar-refractivity contribution in [3.8, 4) is 11.9 Å². The van der Waals surface area contributed by atoms with E-state index in [0.717, 1.165) is 6.07 Å². The van der Waals surface area contributed by atoms with Gasteiger partial charge in [0.25, 0.3) is 0 Å². The van der Waals surface area contributed by atoms with Crippen molar-refractivity contribution >= 4 is 15.9 Å². The molecule has 7 heteroatoms. The Balaban J connectivity index is 3.13. The van der Waals surface area contributed by atoms with Gasteiger partial charge in [-0.25, -0.2) is 4.98 Å². The van der Waals surface area contributed by atoms with E-state index in [0.29, 0.717) is 10.0 Å². The van der Waals surface area contributed by atoms with E-state index in [1.807, 2.05) is 0 Å². The lowest BCUT2D eigenvalue weighted by molar-refractivity contribution is -0.276. The Kier molecular flexibility index (Phi) is 3.19. The van der Waals surface area contributed by atoms with Crippen molar-refractivity contribution in [3.63, 3.8) is 0 Å². The molecule has 0 aliphatic carbocycles. The number of hydrogen-bond donors (Lipinski definition) is 0. The van der Waals surface area contributed by atoms with Gasteiger partial charge < -0.3 is 4.74 Å². The van der Waals surface area contributed by atoms with Crippen LogP contribution in [-0.4, -0.2) is 11.3 Å². The Hall–Kier alpha value is -1.29. The van der Waals surface area contributed by atoms with Gasteiger partial charge >= 0.3 is 6.36 Å². The molecule has 0 N–H and O–H groups in total. The van der Waals surface area contributed by atoms with Gasteiger partial charge in [0, 0.05) is 10.5 Å². The molecular formula is C8H4BrF3N2O. The molecule has 0 saturated heterocycles. The highest BCUT2D eigenvalue weighted by Crippen LogP contribution is 2.27. The molecule has 1 aromatic rings. The van der Waals surface area contributed by atoms with Crippen molar-refractivity contribution in [1.29, 1.82) is 5.26 Å². The first-order valence-corrected chi connectivity index (χ1v) is 4.46. The standard InChI is InChI=1S/C8H4BrF3N2O/c1-4-5(9)2-7(14-6(4)3-13)15-8(10,11)12/h2H,1H3. The molecule has 1 heterocycles. The Morgan fingerprint density at radius 3 is 2.60 bits per heavy atom. The Labute approximate surface area is 91.6 Å². The highest BCUT2D eigenvalue weighted by Gasteiger charge is 2.32. The second-order valence-electron chi connectivity index (χ2n) is 2.58. The minimum absolute atomic E-state index is 0.108. The van der Waals surface area contributed by atoms with E-state index in [9.17, 15) is 13.2 Å². The molecule has 1 rings (SSSR count). The molecule has 0 bridgehead atoms. The molecule has 0 radical (unpaired) electrons. The van der Waals surface area contributed by atoms with Crippen LogP contribution in [0.15, 0.2) is 10.5 Å². The zero-order chi connectivity index (χ0) is 11.6. The SMILES string of the molecule is Cc1c(Br)cc(OC(F)(F)F)nc1C#N. The highest BCUT2D eigenvalue weighted by atomic mass is 79.9. The van der Waals surface area contributed by atoms with Crippen LogP contribution in [0.3, 0.4) is 0 Å². The van der Waals surface area contributed by atoms with Gasteiger partial charge in [0.15, 0.2) is 0 Å². The zero-order valence-corrected chi connectivity index (χ0v) is 8.98. The smallest absolute Gasteiger partial charge is 0.388 e. The normalized spacial score (nSPS) is 10.9. The second-order valence-corrected chi connectivity index (χ2v) is 3.43. The number of aromatic nitrogens is 1. The third kappa shape index (κ3) is 3.09. The maximum Gasteiger partial charge on any atom is 0.574 e.